The fraction of sp³-hybridized carbons (Fsp3) is 0.154. The van der Waals surface area contributed by atoms with Gasteiger partial charge in [-0.15, -0.1) is 13.2 Å². The zero-order valence-electron chi connectivity index (χ0n) is 18.3. The lowest BCUT2D eigenvalue weighted by atomic mass is 9.94. The van der Waals surface area contributed by atoms with E-state index in [0.717, 1.165) is 23.3 Å². The average molecular weight is 467 g/mol. The lowest BCUT2D eigenvalue weighted by molar-refractivity contribution is -0.274. The minimum atomic E-state index is -4.86. The number of aliphatic hydroxyl groups is 1. The number of ketones is 1. The second kappa shape index (κ2) is 8.70. The van der Waals surface area contributed by atoms with Crippen LogP contribution in [0.2, 0.25) is 0 Å². The first-order chi connectivity index (χ1) is 16.1. The Hall–Kier alpha value is -4.07. The molecule has 0 aromatic heterocycles. The minimum Gasteiger partial charge on any atom is -0.507 e. The summed E-state index contributed by atoms with van der Waals surface area (Å²) in [5, 5.41) is 11.1. The molecule has 8 heteroatoms. The number of rotatable bonds is 4. The highest BCUT2D eigenvalue weighted by Gasteiger charge is 2.47. The molecule has 0 spiro atoms. The molecule has 1 amide bonds. The summed E-state index contributed by atoms with van der Waals surface area (Å²) < 4.78 is 41.5. The van der Waals surface area contributed by atoms with Crippen LogP contribution in [0.1, 0.15) is 28.3 Å². The Labute approximate surface area is 193 Å². The fourth-order valence-electron chi connectivity index (χ4n) is 3.90. The third kappa shape index (κ3) is 4.39. The molecule has 0 saturated carbocycles. The van der Waals surface area contributed by atoms with Crippen molar-refractivity contribution in [2.75, 3.05) is 4.90 Å². The summed E-state index contributed by atoms with van der Waals surface area (Å²) in [6, 6.07) is 17.5. The molecule has 1 fully saturated rings. The first kappa shape index (κ1) is 23.1. The zero-order chi connectivity index (χ0) is 24.6. The van der Waals surface area contributed by atoms with Gasteiger partial charge in [-0.3, -0.25) is 14.5 Å². The number of Topliss-reactive ketones (excluding diaryl/α,β-unsaturated/α-hetero) is 1. The van der Waals surface area contributed by atoms with E-state index < -0.39 is 29.8 Å². The standard InChI is InChI=1S/C26H20F3NO4/c1-15-8-9-18(14-16(15)2)23(31)21-22(17-6-4-3-5-7-17)30(25(33)24(21)32)19-10-12-20(13-11-19)34-26(27,28)29/h3-14,22,31H,1-2H3/b23-21-. The predicted octanol–water partition coefficient (Wildman–Crippen LogP) is 5.83. The normalized spacial score (nSPS) is 17.8. The number of aliphatic hydroxyl groups excluding tert-OH is 1. The summed E-state index contributed by atoms with van der Waals surface area (Å²) >= 11 is 0. The Morgan fingerprint density at radius 1 is 0.912 bits per heavy atom. The van der Waals surface area contributed by atoms with Gasteiger partial charge in [0.1, 0.15) is 11.5 Å². The number of nitrogens with zero attached hydrogens (tertiary/aromatic N) is 1. The van der Waals surface area contributed by atoms with Crippen LogP contribution in [0.5, 0.6) is 5.75 Å². The smallest absolute Gasteiger partial charge is 0.507 e. The van der Waals surface area contributed by atoms with E-state index in [1.165, 1.54) is 17.0 Å². The van der Waals surface area contributed by atoms with E-state index in [0.29, 0.717) is 11.1 Å². The van der Waals surface area contributed by atoms with Crippen molar-refractivity contribution in [3.63, 3.8) is 0 Å². The van der Waals surface area contributed by atoms with Gasteiger partial charge >= 0.3 is 6.36 Å². The summed E-state index contributed by atoms with van der Waals surface area (Å²) in [5.41, 5.74) is 2.92. The molecule has 34 heavy (non-hydrogen) atoms. The predicted molar refractivity (Wildman–Crippen MR) is 120 cm³/mol. The van der Waals surface area contributed by atoms with Crippen LogP contribution >= 0.6 is 0 Å². The third-order valence-corrected chi connectivity index (χ3v) is 5.69. The molecular formula is C26H20F3NO4. The van der Waals surface area contributed by atoms with Crippen molar-refractivity contribution in [1.82, 2.24) is 0 Å². The van der Waals surface area contributed by atoms with Gasteiger partial charge in [-0.25, -0.2) is 0 Å². The molecule has 0 radical (unpaired) electrons. The van der Waals surface area contributed by atoms with Gasteiger partial charge in [0.2, 0.25) is 0 Å². The first-order valence-corrected chi connectivity index (χ1v) is 10.4. The summed E-state index contributed by atoms with van der Waals surface area (Å²) in [7, 11) is 0. The lowest BCUT2D eigenvalue weighted by Crippen LogP contribution is -2.29. The van der Waals surface area contributed by atoms with E-state index in [4.69, 9.17) is 0 Å². The molecule has 5 nitrogen and oxygen atoms in total. The summed E-state index contributed by atoms with van der Waals surface area (Å²) in [6.07, 6.45) is -4.86. The Morgan fingerprint density at radius 3 is 2.15 bits per heavy atom. The Kier molecular flexibility index (Phi) is 5.91. The monoisotopic (exact) mass is 467 g/mol. The molecule has 0 aliphatic carbocycles. The van der Waals surface area contributed by atoms with Gasteiger partial charge in [-0.2, -0.15) is 0 Å². The number of hydrogen-bond donors (Lipinski definition) is 1. The van der Waals surface area contributed by atoms with Crippen molar-refractivity contribution in [3.8, 4) is 5.75 Å². The van der Waals surface area contributed by atoms with Crippen LogP contribution in [0, 0.1) is 13.8 Å². The first-order valence-electron chi connectivity index (χ1n) is 10.4. The molecule has 1 aliphatic rings. The number of benzene rings is 3. The van der Waals surface area contributed by atoms with Crippen LogP contribution in [-0.2, 0) is 9.59 Å². The quantitative estimate of drug-likeness (QED) is 0.298. The lowest BCUT2D eigenvalue weighted by Gasteiger charge is -2.25. The van der Waals surface area contributed by atoms with Crippen molar-refractivity contribution in [1.29, 1.82) is 0 Å². The highest BCUT2D eigenvalue weighted by atomic mass is 19.4. The molecule has 4 rings (SSSR count). The van der Waals surface area contributed by atoms with Crippen LogP contribution in [0.25, 0.3) is 5.76 Å². The zero-order valence-corrected chi connectivity index (χ0v) is 18.3. The van der Waals surface area contributed by atoms with Crippen molar-refractivity contribution < 1.29 is 32.6 Å². The van der Waals surface area contributed by atoms with Crippen LogP contribution in [-0.4, -0.2) is 23.2 Å². The van der Waals surface area contributed by atoms with Gasteiger partial charge in [0, 0.05) is 11.3 Å². The van der Waals surface area contributed by atoms with Gasteiger partial charge in [0.25, 0.3) is 11.7 Å². The summed E-state index contributed by atoms with van der Waals surface area (Å²) in [4.78, 5) is 27.4. The molecule has 0 bridgehead atoms. The van der Waals surface area contributed by atoms with E-state index in [1.54, 1.807) is 48.5 Å². The molecule has 1 aliphatic heterocycles. The van der Waals surface area contributed by atoms with Crippen molar-refractivity contribution >= 4 is 23.1 Å². The maximum Gasteiger partial charge on any atom is 0.573 e. The number of hydrogen-bond acceptors (Lipinski definition) is 4. The molecule has 1 N–H and O–H groups in total. The third-order valence-electron chi connectivity index (χ3n) is 5.69. The van der Waals surface area contributed by atoms with E-state index in [2.05, 4.69) is 4.74 Å². The molecule has 174 valence electrons. The SMILES string of the molecule is Cc1ccc(/C(O)=C2/C(=O)C(=O)N(c3ccc(OC(F)(F)F)cc3)C2c2ccccc2)cc1C. The molecule has 1 saturated heterocycles. The number of halogens is 3. The maximum absolute atomic E-state index is 13.1. The molecule has 3 aromatic rings. The Bertz CT molecular complexity index is 1280. The number of anilines is 1. The van der Waals surface area contributed by atoms with E-state index >= 15 is 0 Å². The van der Waals surface area contributed by atoms with Crippen LogP contribution in [0.4, 0.5) is 18.9 Å². The molecule has 1 heterocycles. The van der Waals surface area contributed by atoms with Gasteiger partial charge in [-0.05, 0) is 60.9 Å². The van der Waals surface area contributed by atoms with E-state index in [9.17, 15) is 27.9 Å². The molecule has 3 aromatic carbocycles. The van der Waals surface area contributed by atoms with Crippen molar-refractivity contribution in [3.05, 3.63) is 101 Å². The highest BCUT2D eigenvalue weighted by Crippen LogP contribution is 2.42. The summed E-state index contributed by atoms with van der Waals surface area (Å²) in [5.74, 6) is -2.57. The van der Waals surface area contributed by atoms with Crippen LogP contribution < -0.4 is 9.64 Å². The van der Waals surface area contributed by atoms with Crippen molar-refractivity contribution in [2.45, 2.75) is 26.3 Å². The van der Waals surface area contributed by atoms with E-state index in [1.807, 2.05) is 13.8 Å². The number of carbonyl (C=O) groups is 2. The number of amides is 1. The number of alkyl halides is 3. The van der Waals surface area contributed by atoms with Gasteiger partial charge in [0.05, 0.1) is 11.6 Å². The molecule has 1 unspecified atom stereocenters. The van der Waals surface area contributed by atoms with E-state index in [-0.39, 0.29) is 17.0 Å². The fourth-order valence-corrected chi connectivity index (χ4v) is 3.90. The van der Waals surface area contributed by atoms with Crippen LogP contribution in [0.3, 0.4) is 0 Å². The van der Waals surface area contributed by atoms with Gasteiger partial charge in [-0.1, -0.05) is 42.5 Å². The second-order valence-electron chi connectivity index (χ2n) is 7.92. The number of carbonyl (C=O) groups excluding carboxylic acids is 2. The number of ether oxygens (including phenoxy) is 1. The van der Waals surface area contributed by atoms with Gasteiger partial charge in [0.15, 0.2) is 0 Å². The van der Waals surface area contributed by atoms with Crippen molar-refractivity contribution in [2.24, 2.45) is 0 Å². The van der Waals surface area contributed by atoms with Crippen LogP contribution in [0.15, 0.2) is 78.4 Å². The Balaban J connectivity index is 1.85. The average Bonchev–Trinajstić information content (AvgIpc) is 3.06. The molecule has 1 atom stereocenters. The summed E-state index contributed by atoms with van der Waals surface area (Å²) in [6.45, 7) is 3.78. The maximum atomic E-state index is 13.1. The topological polar surface area (TPSA) is 66.8 Å². The highest BCUT2D eigenvalue weighted by molar-refractivity contribution is 6.51. The molecular weight excluding hydrogens is 447 g/mol. The number of aryl methyl sites for hydroxylation is 2. The second-order valence-corrected chi connectivity index (χ2v) is 7.92. The minimum absolute atomic E-state index is 0.102. The Morgan fingerprint density at radius 2 is 1.56 bits per heavy atom. The van der Waals surface area contributed by atoms with Gasteiger partial charge < -0.3 is 9.84 Å². The largest absolute Gasteiger partial charge is 0.573 e.